The molecule has 6 heteroatoms. The summed E-state index contributed by atoms with van der Waals surface area (Å²) < 4.78 is 5.13. The van der Waals surface area contributed by atoms with Crippen molar-refractivity contribution < 1.29 is 19.1 Å². The first-order valence-electron chi connectivity index (χ1n) is 6.30. The fourth-order valence-electron chi connectivity index (χ4n) is 1.68. The highest BCUT2D eigenvalue weighted by Gasteiger charge is 2.28. The quantitative estimate of drug-likeness (QED) is 0.653. The molecule has 0 aliphatic heterocycles. The van der Waals surface area contributed by atoms with Gasteiger partial charge in [0.15, 0.2) is 0 Å². The van der Waals surface area contributed by atoms with E-state index in [0.717, 1.165) is 12.8 Å². The Morgan fingerprint density at radius 1 is 1.47 bits per heavy atom. The van der Waals surface area contributed by atoms with Gasteiger partial charge < -0.3 is 20.2 Å². The van der Waals surface area contributed by atoms with Crippen molar-refractivity contribution in [3.8, 4) is 0 Å². The van der Waals surface area contributed by atoms with E-state index in [1.807, 2.05) is 0 Å². The van der Waals surface area contributed by atoms with Crippen LogP contribution in [0.3, 0.4) is 0 Å². The molecule has 1 heterocycles. The first kappa shape index (κ1) is 13.6. The lowest BCUT2D eigenvalue weighted by Crippen LogP contribution is -2.47. The van der Waals surface area contributed by atoms with Crippen molar-refractivity contribution in [2.75, 3.05) is 6.54 Å². The Balaban J connectivity index is 1.76. The molecule has 1 aromatic rings. The molecule has 2 amide bonds. The van der Waals surface area contributed by atoms with Crippen molar-refractivity contribution in [2.45, 2.75) is 37.8 Å². The number of carbonyl (C=O) groups excluding carboxylic acids is 2. The molecule has 0 unspecified atom stereocenters. The predicted molar refractivity (Wildman–Crippen MR) is 67.2 cm³/mol. The molecule has 1 fully saturated rings. The van der Waals surface area contributed by atoms with E-state index in [1.54, 1.807) is 19.1 Å². The van der Waals surface area contributed by atoms with Crippen molar-refractivity contribution in [3.63, 3.8) is 0 Å². The zero-order valence-corrected chi connectivity index (χ0v) is 10.8. The lowest BCUT2D eigenvalue weighted by atomic mass is 10.0. The monoisotopic (exact) mass is 266 g/mol. The van der Waals surface area contributed by atoms with Crippen LogP contribution < -0.4 is 10.6 Å². The van der Waals surface area contributed by atoms with E-state index in [0.29, 0.717) is 5.76 Å². The third kappa shape index (κ3) is 4.40. The SMILES string of the molecule is C[C@@](O)(CNC(=O)C(=O)NC1CC1)Cc1ccco1. The van der Waals surface area contributed by atoms with Crippen molar-refractivity contribution >= 4 is 11.8 Å². The van der Waals surface area contributed by atoms with Crippen LogP contribution in [-0.4, -0.2) is 35.1 Å². The lowest BCUT2D eigenvalue weighted by molar-refractivity contribution is -0.139. The Hall–Kier alpha value is -1.82. The fraction of sp³-hybridized carbons (Fsp3) is 0.538. The molecule has 1 saturated carbocycles. The van der Waals surface area contributed by atoms with Crippen molar-refractivity contribution in [1.82, 2.24) is 10.6 Å². The fourth-order valence-corrected chi connectivity index (χ4v) is 1.68. The molecule has 1 aliphatic carbocycles. The topological polar surface area (TPSA) is 91.6 Å². The Morgan fingerprint density at radius 2 is 2.21 bits per heavy atom. The molecule has 0 radical (unpaired) electrons. The van der Waals surface area contributed by atoms with E-state index in [-0.39, 0.29) is 19.0 Å². The maximum Gasteiger partial charge on any atom is 0.309 e. The van der Waals surface area contributed by atoms with Gasteiger partial charge in [0.2, 0.25) is 0 Å². The Labute approximate surface area is 111 Å². The summed E-state index contributed by atoms with van der Waals surface area (Å²) in [6, 6.07) is 3.62. The first-order chi connectivity index (χ1) is 8.96. The number of aliphatic hydroxyl groups is 1. The highest BCUT2D eigenvalue weighted by Crippen LogP contribution is 2.18. The zero-order chi connectivity index (χ0) is 13.9. The normalized spacial score (nSPS) is 17.6. The van der Waals surface area contributed by atoms with E-state index < -0.39 is 17.4 Å². The molecular weight excluding hydrogens is 248 g/mol. The van der Waals surface area contributed by atoms with Crippen LogP contribution in [0.1, 0.15) is 25.5 Å². The van der Waals surface area contributed by atoms with Crippen LogP contribution in [0.5, 0.6) is 0 Å². The number of hydrogen-bond donors (Lipinski definition) is 3. The molecule has 0 bridgehead atoms. The summed E-state index contributed by atoms with van der Waals surface area (Å²) in [5.74, 6) is -0.732. The molecule has 104 valence electrons. The second-order valence-corrected chi connectivity index (χ2v) is 5.18. The van der Waals surface area contributed by atoms with Crippen LogP contribution in [0, 0.1) is 0 Å². The molecule has 19 heavy (non-hydrogen) atoms. The van der Waals surface area contributed by atoms with Crippen LogP contribution in [-0.2, 0) is 16.0 Å². The maximum absolute atomic E-state index is 11.5. The predicted octanol–water partition coefficient (Wildman–Crippen LogP) is -0.0321. The second-order valence-electron chi connectivity index (χ2n) is 5.18. The van der Waals surface area contributed by atoms with Crippen molar-refractivity contribution in [3.05, 3.63) is 24.2 Å². The van der Waals surface area contributed by atoms with Crippen molar-refractivity contribution in [1.29, 1.82) is 0 Å². The molecule has 1 aromatic heterocycles. The smallest absolute Gasteiger partial charge is 0.309 e. The van der Waals surface area contributed by atoms with Gasteiger partial charge in [0.05, 0.1) is 11.9 Å². The van der Waals surface area contributed by atoms with E-state index in [4.69, 9.17) is 4.42 Å². The van der Waals surface area contributed by atoms with Gasteiger partial charge >= 0.3 is 11.8 Å². The highest BCUT2D eigenvalue weighted by molar-refractivity contribution is 6.35. The highest BCUT2D eigenvalue weighted by atomic mass is 16.3. The average molecular weight is 266 g/mol. The van der Waals surface area contributed by atoms with Crippen LogP contribution in [0.2, 0.25) is 0 Å². The van der Waals surface area contributed by atoms with E-state index in [9.17, 15) is 14.7 Å². The molecule has 3 N–H and O–H groups in total. The Kier molecular flexibility index (Phi) is 3.90. The zero-order valence-electron chi connectivity index (χ0n) is 10.8. The van der Waals surface area contributed by atoms with E-state index in [1.165, 1.54) is 6.26 Å². The van der Waals surface area contributed by atoms with Crippen LogP contribution in [0.25, 0.3) is 0 Å². The van der Waals surface area contributed by atoms with Gasteiger partial charge in [0.1, 0.15) is 5.76 Å². The molecule has 0 spiro atoms. The molecular formula is C13H18N2O4. The summed E-state index contributed by atoms with van der Waals surface area (Å²) in [7, 11) is 0. The third-order valence-corrected chi connectivity index (χ3v) is 2.88. The molecule has 2 rings (SSSR count). The largest absolute Gasteiger partial charge is 0.469 e. The van der Waals surface area contributed by atoms with Crippen molar-refractivity contribution in [2.24, 2.45) is 0 Å². The second kappa shape index (κ2) is 5.44. The summed E-state index contributed by atoms with van der Waals surface area (Å²) in [6.45, 7) is 1.57. The number of amides is 2. The summed E-state index contributed by atoms with van der Waals surface area (Å²) in [5.41, 5.74) is -1.16. The molecule has 1 aliphatic rings. The van der Waals surface area contributed by atoms with E-state index in [2.05, 4.69) is 10.6 Å². The number of carbonyl (C=O) groups is 2. The molecule has 6 nitrogen and oxygen atoms in total. The lowest BCUT2D eigenvalue weighted by Gasteiger charge is -2.22. The van der Waals surface area contributed by atoms with Crippen LogP contribution in [0.15, 0.2) is 22.8 Å². The number of nitrogens with one attached hydrogen (secondary N) is 2. The minimum Gasteiger partial charge on any atom is -0.469 e. The van der Waals surface area contributed by atoms with Gasteiger partial charge in [-0.15, -0.1) is 0 Å². The van der Waals surface area contributed by atoms with Crippen LogP contribution >= 0.6 is 0 Å². The first-order valence-corrected chi connectivity index (χ1v) is 6.30. The summed E-state index contributed by atoms with van der Waals surface area (Å²) in [4.78, 5) is 22.9. The summed E-state index contributed by atoms with van der Waals surface area (Å²) >= 11 is 0. The van der Waals surface area contributed by atoms with Gasteiger partial charge in [0.25, 0.3) is 0 Å². The van der Waals surface area contributed by atoms with Gasteiger partial charge in [0, 0.05) is 19.0 Å². The number of rotatable bonds is 5. The standard InChI is InChI=1S/C13H18N2O4/c1-13(18,7-10-3-2-6-19-10)8-14-11(16)12(17)15-9-4-5-9/h2-3,6,9,18H,4-5,7-8H2,1H3,(H,14,16)(H,15,17)/t13-/m0/s1. The van der Waals surface area contributed by atoms with E-state index >= 15 is 0 Å². The average Bonchev–Trinajstić information content (AvgIpc) is 3.01. The van der Waals surface area contributed by atoms with Gasteiger partial charge in [-0.2, -0.15) is 0 Å². The van der Waals surface area contributed by atoms with Gasteiger partial charge in [-0.3, -0.25) is 9.59 Å². The number of hydrogen-bond acceptors (Lipinski definition) is 4. The van der Waals surface area contributed by atoms with Crippen LogP contribution in [0.4, 0.5) is 0 Å². The molecule has 1 atom stereocenters. The molecule has 0 aromatic carbocycles. The summed E-state index contributed by atoms with van der Waals surface area (Å²) in [6.07, 6.45) is 3.64. The maximum atomic E-state index is 11.5. The van der Waals surface area contributed by atoms with Gasteiger partial charge in [-0.1, -0.05) is 0 Å². The third-order valence-electron chi connectivity index (χ3n) is 2.88. The Morgan fingerprint density at radius 3 is 2.79 bits per heavy atom. The number of furan rings is 1. The Bertz CT molecular complexity index is 449. The minimum atomic E-state index is -1.16. The molecule has 0 saturated heterocycles. The van der Waals surface area contributed by atoms with Gasteiger partial charge in [-0.05, 0) is 31.9 Å². The minimum absolute atomic E-state index is 0.00931. The summed E-state index contributed by atoms with van der Waals surface area (Å²) in [5, 5.41) is 15.1. The van der Waals surface area contributed by atoms with Gasteiger partial charge in [-0.25, -0.2) is 0 Å².